The number of rotatable bonds is 15. The molecule has 0 amide bonds. The molecule has 0 bridgehead atoms. The molecular formula is C27H44O2. The maximum absolute atomic E-state index is 11.6. The van der Waals surface area contributed by atoms with Crippen molar-refractivity contribution >= 4 is 5.97 Å². The minimum Gasteiger partial charge on any atom is -0.463 e. The molecule has 0 fully saturated rings. The van der Waals surface area contributed by atoms with E-state index in [0.717, 1.165) is 44.9 Å². The van der Waals surface area contributed by atoms with Gasteiger partial charge in [0.05, 0.1) is 6.61 Å². The van der Waals surface area contributed by atoms with Crippen molar-refractivity contribution in [2.45, 2.75) is 99.3 Å². The van der Waals surface area contributed by atoms with Crippen molar-refractivity contribution in [1.82, 2.24) is 0 Å². The fourth-order valence-corrected chi connectivity index (χ4v) is 3.03. The Morgan fingerprint density at radius 2 is 1.21 bits per heavy atom. The summed E-state index contributed by atoms with van der Waals surface area (Å²) in [5.74, 6) is -0.202. The van der Waals surface area contributed by atoms with Crippen LogP contribution in [0.4, 0.5) is 0 Å². The minimum atomic E-state index is -0.202. The normalized spacial score (nSPS) is 13.6. The first-order chi connectivity index (χ1) is 13.8. The van der Waals surface area contributed by atoms with Gasteiger partial charge in [0.15, 0.2) is 0 Å². The van der Waals surface area contributed by atoms with Crippen molar-refractivity contribution < 1.29 is 9.53 Å². The van der Waals surface area contributed by atoms with Crippen molar-refractivity contribution in [3.05, 3.63) is 58.7 Å². The van der Waals surface area contributed by atoms with Gasteiger partial charge in [0.1, 0.15) is 0 Å². The average molecular weight is 401 g/mol. The van der Waals surface area contributed by atoms with E-state index < -0.39 is 0 Å². The van der Waals surface area contributed by atoms with Crippen molar-refractivity contribution in [2.75, 3.05) is 6.61 Å². The molecule has 0 aliphatic carbocycles. The molecule has 0 rings (SSSR count). The van der Waals surface area contributed by atoms with Gasteiger partial charge in [0, 0.05) is 5.57 Å². The molecule has 0 spiro atoms. The lowest BCUT2D eigenvalue weighted by molar-refractivity contribution is -0.138. The van der Waals surface area contributed by atoms with E-state index in [4.69, 9.17) is 4.74 Å². The Labute approximate surface area is 180 Å². The Bertz CT molecular complexity index is 614. The molecule has 0 saturated heterocycles. The van der Waals surface area contributed by atoms with Crippen LogP contribution in [0.15, 0.2) is 58.7 Å². The third-order valence-corrected chi connectivity index (χ3v) is 4.95. The largest absolute Gasteiger partial charge is 0.463 e. The van der Waals surface area contributed by atoms with E-state index in [1.165, 1.54) is 35.1 Å². The molecule has 0 aromatic rings. The summed E-state index contributed by atoms with van der Waals surface area (Å²) in [4.78, 5) is 11.6. The number of allylic oxidation sites excluding steroid dienone is 8. The first-order valence-electron chi connectivity index (χ1n) is 11.2. The Morgan fingerprint density at radius 3 is 1.72 bits per heavy atom. The summed E-state index contributed by atoms with van der Waals surface area (Å²) >= 11 is 0. The SMILES string of the molecule is C=C(C)CCC/C(C)=C/CC/C(C)=C/CC/C=C(\C)CC/C=C(\C)C(=O)OCC. The second kappa shape index (κ2) is 17.1. The summed E-state index contributed by atoms with van der Waals surface area (Å²) in [6.45, 7) is 16.8. The van der Waals surface area contributed by atoms with Crippen LogP contribution in [-0.4, -0.2) is 12.6 Å². The fourth-order valence-electron chi connectivity index (χ4n) is 3.03. The van der Waals surface area contributed by atoms with E-state index in [1.54, 1.807) is 0 Å². The van der Waals surface area contributed by atoms with Crippen LogP contribution in [0.2, 0.25) is 0 Å². The van der Waals surface area contributed by atoms with Crippen molar-refractivity contribution in [3.63, 3.8) is 0 Å². The molecule has 0 aromatic heterocycles. The van der Waals surface area contributed by atoms with E-state index in [0.29, 0.717) is 12.2 Å². The lowest BCUT2D eigenvalue weighted by atomic mass is 10.0. The molecule has 0 saturated carbocycles. The average Bonchev–Trinajstić information content (AvgIpc) is 2.65. The van der Waals surface area contributed by atoms with Gasteiger partial charge in [0.2, 0.25) is 0 Å². The van der Waals surface area contributed by atoms with E-state index >= 15 is 0 Å². The first kappa shape index (κ1) is 27.2. The van der Waals surface area contributed by atoms with Crippen LogP contribution in [0.1, 0.15) is 99.3 Å². The van der Waals surface area contributed by atoms with E-state index in [-0.39, 0.29) is 5.97 Å². The molecule has 0 radical (unpaired) electrons. The number of hydrogen-bond donors (Lipinski definition) is 0. The Kier molecular flexibility index (Phi) is 16.0. The molecule has 0 N–H and O–H groups in total. The smallest absolute Gasteiger partial charge is 0.333 e. The summed E-state index contributed by atoms with van der Waals surface area (Å²) in [6.07, 6.45) is 19.0. The van der Waals surface area contributed by atoms with E-state index in [9.17, 15) is 4.79 Å². The monoisotopic (exact) mass is 400 g/mol. The Hall–Kier alpha value is -1.83. The van der Waals surface area contributed by atoms with Gasteiger partial charge >= 0.3 is 5.97 Å². The van der Waals surface area contributed by atoms with Crippen LogP contribution in [0, 0.1) is 0 Å². The number of carbonyl (C=O) groups is 1. The molecule has 29 heavy (non-hydrogen) atoms. The minimum absolute atomic E-state index is 0.202. The molecule has 0 aromatic carbocycles. The molecule has 0 atom stereocenters. The number of esters is 1. The molecular weight excluding hydrogens is 356 g/mol. The second-order valence-electron chi connectivity index (χ2n) is 8.22. The Balaban J connectivity index is 4.07. The summed E-state index contributed by atoms with van der Waals surface area (Å²) in [6, 6.07) is 0. The third kappa shape index (κ3) is 16.8. The fraction of sp³-hybridized carbons (Fsp3) is 0.593. The number of hydrogen-bond acceptors (Lipinski definition) is 2. The summed E-state index contributed by atoms with van der Waals surface area (Å²) in [7, 11) is 0. The molecule has 0 heterocycles. The third-order valence-electron chi connectivity index (χ3n) is 4.95. The van der Waals surface area contributed by atoms with Gasteiger partial charge in [0.25, 0.3) is 0 Å². The highest BCUT2D eigenvalue weighted by atomic mass is 16.5. The first-order valence-corrected chi connectivity index (χ1v) is 11.2. The lowest BCUT2D eigenvalue weighted by Crippen LogP contribution is -2.04. The number of carbonyl (C=O) groups excluding carboxylic acids is 1. The Morgan fingerprint density at radius 1 is 0.724 bits per heavy atom. The number of ether oxygens (including phenoxy) is 1. The van der Waals surface area contributed by atoms with Crippen LogP contribution < -0.4 is 0 Å². The maximum Gasteiger partial charge on any atom is 0.333 e. The van der Waals surface area contributed by atoms with Crippen molar-refractivity contribution in [3.8, 4) is 0 Å². The van der Waals surface area contributed by atoms with Gasteiger partial charge in [-0.1, -0.05) is 46.6 Å². The van der Waals surface area contributed by atoms with Crippen LogP contribution in [-0.2, 0) is 9.53 Å². The molecule has 2 nitrogen and oxygen atoms in total. The van der Waals surface area contributed by atoms with Gasteiger partial charge in [-0.2, -0.15) is 0 Å². The maximum atomic E-state index is 11.6. The topological polar surface area (TPSA) is 26.3 Å². The highest BCUT2D eigenvalue weighted by Crippen LogP contribution is 2.14. The van der Waals surface area contributed by atoms with Gasteiger partial charge in [-0.05, 0) is 99.3 Å². The standard InChI is InChI=1S/C27H44O2/c1-8-29-27(28)26(7)21-13-20-24(5)16-10-9-15-23(4)18-12-19-25(6)17-11-14-22(2)3/h15-16,19,21H,2,8-14,17-18,20H2,1,3-7H3/b23-15+,24-16+,25-19+,26-21+. The van der Waals surface area contributed by atoms with Gasteiger partial charge in [-0.15, -0.1) is 6.58 Å². The van der Waals surface area contributed by atoms with Crippen molar-refractivity contribution in [1.29, 1.82) is 0 Å². The number of unbranched alkanes of at least 4 members (excludes halogenated alkanes) is 1. The molecule has 0 unspecified atom stereocenters. The zero-order valence-corrected chi connectivity index (χ0v) is 19.9. The summed E-state index contributed by atoms with van der Waals surface area (Å²) < 4.78 is 4.99. The highest BCUT2D eigenvalue weighted by molar-refractivity contribution is 5.87. The molecule has 0 aliphatic rings. The summed E-state index contributed by atoms with van der Waals surface area (Å²) in [5, 5.41) is 0. The van der Waals surface area contributed by atoms with Crippen LogP contribution in [0.3, 0.4) is 0 Å². The van der Waals surface area contributed by atoms with E-state index in [1.807, 2.05) is 19.9 Å². The van der Waals surface area contributed by atoms with Crippen LogP contribution in [0.5, 0.6) is 0 Å². The molecule has 2 heteroatoms. The zero-order valence-electron chi connectivity index (χ0n) is 19.9. The van der Waals surface area contributed by atoms with Crippen molar-refractivity contribution in [2.24, 2.45) is 0 Å². The quantitative estimate of drug-likeness (QED) is 0.119. The highest BCUT2D eigenvalue weighted by Gasteiger charge is 2.03. The van der Waals surface area contributed by atoms with E-state index in [2.05, 4.69) is 52.5 Å². The summed E-state index contributed by atoms with van der Waals surface area (Å²) in [5.41, 5.74) is 6.36. The molecule has 164 valence electrons. The predicted molar refractivity (Wildman–Crippen MR) is 128 cm³/mol. The predicted octanol–water partition coefficient (Wildman–Crippen LogP) is 8.42. The lowest BCUT2D eigenvalue weighted by Gasteiger charge is -2.03. The van der Waals surface area contributed by atoms with Gasteiger partial charge in [-0.3, -0.25) is 0 Å². The van der Waals surface area contributed by atoms with Gasteiger partial charge in [-0.25, -0.2) is 4.79 Å². The zero-order chi connectivity index (χ0) is 22.1. The van der Waals surface area contributed by atoms with Crippen LogP contribution in [0.25, 0.3) is 0 Å². The van der Waals surface area contributed by atoms with Crippen LogP contribution >= 0.6 is 0 Å². The second-order valence-corrected chi connectivity index (χ2v) is 8.22. The molecule has 0 aliphatic heterocycles. The van der Waals surface area contributed by atoms with Gasteiger partial charge < -0.3 is 4.74 Å².